The van der Waals surface area contributed by atoms with Crippen molar-refractivity contribution in [3.63, 3.8) is 0 Å². The number of carboxylic acids is 1. The van der Waals surface area contributed by atoms with Gasteiger partial charge in [0.25, 0.3) is 5.91 Å². The lowest BCUT2D eigenvalue weighted by molar-refractivity contribution is -0.139. The number of hydrogen-bond acceptors (Lipinski definition) is 3. The summed E-state index contributed by atoms with van der Waals surface area (Å²) < 4.78 is 15.1. The van der Waals surface area contributed by atoms with Crippen LogP contribution >= 0.6 is 15.9 Å². The highest BCUT2D eigenvalue weighted by molar-refractivity contribution is 9.10. The van der Waals surface area contributed by atoms with Gasteiger partial charge in [-0.1, -0.05) is 28.1 Å². The van der Waals surface area contributed by atoms with Gasteiger partial charge in [-0.25, -0.2) is 9.18 Å². The lowest BCUT2D eigenvalue weighted by Gasteiger charge is -2.28. The largest absolute Gasteiger partial charge is 0.480 e. The summed E-state index contributed by atoms with van der Waals surface area (Å²) in [6.45, 7) is 3.01. The van der Waals surface area contributed by atoms with E-state index in [1.165, 1.54) is 17.9 Å². The summed E-state index contributed by atoms with van der Waals surface area (Å²) in [5.41, 5.74) is 1.46. The van der Waals surface area contributed by atoms with E-state index in [4.69, 9.17) is 0 Å². The number of hydrogen-bond donors (Lipinski definition) is 1. The van der Waals surface area contributed by atoms with Crippen molar-refractivity contribution < 1.29 is 19.1 Å². The van der Waals surface area contributed by atoms with Crippen molar-refractivity contribution in [2.45, 2.75) is 25.9 Å². The topological polar surface area (TPSA) is 70.0 Å². The van der Waals surface area contributed by atoms with Crippen molar-refractivity contribution in [2.75, 3.05) is 4.90 Å². The third-order valence-electron chi connectivity index (χ3n) is 4.26. The van der Waals surface area contributed by atoms with Crippen molar-refractivity contribution in [1.29, 1.82) is 0 Å². The number of benzodiazepines with no additional fused rings is 1. The zero-order valence-electron chi connectivity index (χ0n) is 14.1. The molecule has 1 heterocycles. The first-order valence-electron chi connectivity index (χ1n) is 7.99. The molecule has 0 bridgehead atoms. The van der Waals surface area contributed by atoms with E-state index in [2.05, 4.69) is 20.9 Å². The van der Waals surface area contributed by atoms with Gasteiger partial charge in [-0.15, -0.1) is 0 Å². The Morgan fingerprint density at radius 2 is 1.96 bits per heavy atom. The molecule has 2 atom stereocenters. The van der Waals surface area contributed by atoms with Gasteiger partial charge in [0.1, 0.15) is 17.9 Å². The number of aliphatic imine (C=N–C) groups is 1. The molecular formula is C19H16BrFN2O3. The Kier molecular flexibility index (Phi) is 4.91. The van der Waals surface area contributed by atoms with Crippen LogP contribution in [-0.4, -0.2) is 34.8 Å². The van der Waals surface area contributed by atoms with E-state index in [1.54, 1.807) is 43.3 Å². The minimum absolute atomic E-state index is 0.260. The Labute approximate surface area is 158 Å². The van der Waals surface area contributed by atoms with Gasteiger partial charge in [0.2, 0.25) is 0 Å². The standard InChI is InChI=1S/C19H16BrFN2O3/c1-10-18(24)23(11(2)19(25)26)16-8-7-12(20)9-14(16)17(22-10)13-5-3-4-6-15(13)21/h3-11H,1-2H3,(H,25,26). The summed E-state index contributed by atoms with van der Waals surface area (Å²) in [4.78, 5) is 30.0. The molecule has 134 valence electrons. The molecule has 2 unspecified atom stereocenters. The quantitative estimate of drug-likeness (QED) is 0.826. The predicted molar refractivity (Wildman–Crippen MR) is 100 cm³/mol. The molecule has 0 spiro atoms. The maximum atomic E-state index is 14.4. The van der Waals surface area contributed by atoms with Gasteiger partial charge in [0.15, 0.2) is 0 Å². The second-order valence-electron chi connectivity index (χ2n) is 6.02. The Hall–Kier alpha value is -2.54. The molecule has 2 aromatic rings. The number of nitrogens with zero attached hydrogens (tertiary/aromatic N) is 2. The van der Waals surface area contributed by atoms with Crippen LogP contribution in [0.1, 0.15) is 25.0 Å². The van der Waals surface area contributed by atoms with Crippen molar-refractivity contribution in [3.05, 3.63) is 63.9 Å². The molecule has 26 heavy (non-hydrogen) atoms. The average Bonchev–Trinajstić information content (AvgIpc) is 2.70. The summed E-state index contributed by atoms with van der Waals surface area (Å²) in [5, 5.41) is 9.44. The molecule has 0 saturated carbocycles. The number of anilines is 1. The molecule has 0 fully saturated rings. The van der Waals surface area contributed by atoms with Crippen molar-refractivity contribution >= 4 is 39.2 Å². The third-order valence-corrected chi connectivity index (χ3v) is 4.76. The summed E-state index contributed by atoms with van der Waals surface area (Å²) in [5.74, 6) is -2.04. The fourth-order valence-electron chi connectivity index (χ4n) is 2.92. The Morgan fingerprint density at radius 3 is 2.62 bits per heavy atom. The van der Waals surface area contributed by atoms with E-state index >= 15 is 0 Å². The maximum Gasteiger partial charge on any atom is 0.326 e. The molecule has 5 nitrogen and oxygen atoms in total. The molecule has 0 aromatic heterocycles. The van der Waals surface area contributed by atoms with Crippen LogP contribution in [0, 0.1) is 5.82 Å². The average molecular weight is 419 g/mol. The highest BCUT2D eigenvalue weighted by Gasteiger charge is 2.35. The van der Waals surface area contributed by atoms with Gasteiger partial charge >= 0.3 is 5.97 Å². The maximum absolute atomic E-state index is 14.4. The first-order valence-corrected chi connectivity index (χ1v) is 8.79. The SMILES string of the molecule is CC1N=C(c2ccccc2F)c2cc(Br)ccc2N(C(C)C(=O)O)C1=O. The van der Waals surface area contributed by atoms with E-state index in [0.717, 1.165) is 0 Å². The van der Waals surface area contributed by atoms with E-state index in [0.29, 0.717) is 21.4 Å². The minimum Gasteiger partial charge on any atom is -0.480 e. The molecule has 1 amide bonds. The molecule has 0 radical (unpaired) electrons. The number of benzene rings is 2. The van der Waals surface area contributed by atoms with Gasteiger partial charge in [-0.05, 0) is 44.2 Å². The first-order chi connectivity index (χ1) is 12.3. The minimum atomic E-state index is -1.13. The number of carboxylic acid groups (broad SMARTS) is 1. The second-order valence-corrected chi connectivity index (χ2v) is 6.93. The highest BCUT2D eigenvalue weighted by atomic mass is 79.9. The van der Waals surface area contributed by atoms with Crippen molar-refractivity contribution in [2.24, 2.45) is 4.99 Å². The monoisotopic (exact) mass is 418 g/mol. The van der Waals surface area contributed by atoms with E-state index < -0.39 is 29.8 Å². The fraction of sp³-hybridized carbons (Fsp3) is 0.211. The van der Waals surface area contributed by atoms with Gasteiger partial charge in [-0.2, -0.15) is 0 Å². The molecule has 7 heteroatoms. The predicted octanol–water partition coefficient (Wildman–Crippen LogP) is 3.63. The van der Waals surface area contributed by atoms with Crippen molar-refractivity contribution in [3.8, 4) is 0 Å². The summed E-state index contributed by atoms with van der Waals surface area (Å²) >= 11 is 3.38. The number of carbonyl (C=O) groups is 2. The van der Waals surface area contributed by atoms with Gasteiger partial charge in [0.05, 0.1) is 11.4 Å². The molecule has 1 aliphatic rings. The molecule has 0 saturated heterocycles. The normalized spacial score (nSPS) is 18.0. The van der Waals surface area contributed by atoms with Gasteiger partial charge in [0, 0.05) is 15.6 Å². The van der Waals surface area contributed by atoms with Crippen LogP contribution in [0.15, 0.2) is 51.9 Å². The lowest BCUT2D eigenvalue weighted by Crippen LogP contribution is -2.46. The number of carbonyl (C=O) groups excluding carboxylic acids is 1. The molecular weight excluding hydrogens is 403 g/mol. The van der Waals surface area contributed by atoms with Crippen LogP contribution in [0.4, 0.5) is 10.1 Å². The fourth-order valence-corrected chi connectivity index (χ4v) is 3.29. The van der Waals surface area contributed by atoms with Gasteiger partial charge < -0.3 is 5.11 Å². The van der Waals surface area contributed by atoms with Crippen LogP contribution in [0.3, 0.4) is 0 Å². The zero-order valence-corrected chi connectivity index (χ0v) is 15.7. The second kappa shape index (κ2) is 6.99. The summed E-state index contributed by atoms with van der Waals surface area (Å²) in [7, 11) is 0. The molecule has 3 rings (SSSR count). The summed E-state index contributed by atoms with van der Waals surface area (Å²) in [6.07, 6.45) is 0. The molecule has 1 aliphatic heterocycles. The molecule has 2 aromatic carbocycles. The van der Waals surface area contributed by atoms with Crippen LogP contribution in [-0.2, 0) is 9.59 Å². The molecule has 0 aliphatic carbocycles. The van der Waals surface area contributed by atoms with Crippen LogP contribution in [0.25, 0.3) is 0 Å². The molecule has 1 N–H and O–H groups in total. The Bertz CT molecular complexity index is 929. The summed E-state index contributed by atoms with van der Waals surface area (Å²) in [6, 6.07) is 9.31. The highest BCUT2D eigenvalue weighted by Crippen LogP contribution is 2.33. The number of aliphatic carboxylic acids is 1. The van der Waals surface area contributed by atoms with E-state index in [-0.39, 0.29) is 5.56 Å². The van der Waals surface area contributed by atoms with E-state index in [9.17, 15) is 19.1 Å². The van der Waals surface area contributed by atoms with Crippen LogP contribution in [0.5, 0.6) is 0 Å². The smallest absolute Gasteiger partial charge is 0.326 e. The number of amides is 1. The van der Waals surface area contributed by atoms with Gasteiger partial charge in [-0.3, -0.25) is 14.7 Å². The zero-order chi connectivity index (χ0) is 19.0. The van der Waals surface area contributed by atoms with E-state index in [1.807, 2.05) is 0 Å². The first kappa shape index (κ1) is 18.3. The number of halogens is 2. The van der Waals surface area contributed by atoms with Crippen LogP contribution in [0.2, 0.25) is 0 Å². The Morgan fingerprint density at radius 1 is 1.27 bits per heavy atom. The Balaban J connectivity index is 2.30. The number of fused-ring (bicyclic) bond motifs is 1. The van der Waals surface area contributed by atoms with Crippen molar-refractivity contribution in [1.82, 2.24) is 0 Å². The number of rotatable bonds is 3. The van der Waals surface area contributed by atoms with Crippen LogP contribution < -0.4 is 4.90 Å². The lowest BCUT2D eigenvalue weighted by atomic mass is 9.99. The third kappa shape index (κ3) is 3.14.